The summed E-state index contributed by atoms with van der Waals surface area (Å²) in [5, 5.41) is 10.4. The molecule has 0 aromatic heterocycles. The van der Waals surface area contributed by atoms with Crippen LogP contribution < -0.4 is 15.8 Å². The van der Waals surface area contributed by atoms with Crippen LogP contribution in [0.5, 0.6) is 0 Å². The van der Waals surface area contributed by atoms with Crippen molar-refractivity contribution in [3.8, 4) is 0 Å². The Kier molecular flexibility index (Phi) is 7.01. The molecule has 0 heterocycles. The van der Waals surface area contributed by atoms with Gasteiger partial charge in [0, 0.05) is 15.7 Å². The van der Waals surface area contributed by atoms with Crippen molar-refractivity contribution in [1.29, 1.82) is 0 Å². The van der Waals surface area contributed by atoms with Crippen molar-refractivity contribution in [2.24, 2.45) is 5.14 Å². The first-order chi connectivity index (χ1) is 14.7. The topological polar surface area (TPSA) is 118 Å². The number of primary sulfonamides is 1. The van der Waals surface area contributed by atoms with E-state index in [0.717, 1.165) is 4.47 Å². The van der Waals surface area contributed by atoms with Crippen LogP contribution in [-0.4, -0.2) is 20.2 Å². The van der Waals surface area contributed by atoms with Crippen LogP contribution in [0.2, 0.25) is 0 Å². The Morgan fingerprint density at radius 3 is 2.19 bits per heavy atom. The highest BCUT2D eigenvalue weighted by molar-refractivity contribution is 9.10. The summed E-state index contributed by atoms with van der Waals surface area (Å²) in [7, 11) is -3.84. The number of carbonyl (C=O) groups excluding carboxylic acids is 2. The third-order valence-electron chi connectivity index (χ3n) is 4.13. The number of sulfonamides is 1. The SMILES string of the molecule is NS(=O)(=O)c1ccc(NC(=O)/C(=C\c2cccc(Br)c2)NC(=O)c2ccccc2)cc1. The number of nitrogens with one attached hydrogen (secondary N) is 2. The fraction of sp³-hybridized carbons (Fsp3) is 0. The van der Waals surface area contributed by atoms with Crippen LogP contribution in [-0.2, 0) is 14.8 Å². The summed E-state index contributed by atoms with van der Waals surface area (Å²) in [6.45, 7) is 0. The first-order valence-corrected chi connectivity index (χ1v) is 11.3. The Balaban J connectivity index is 1.88. The zero-order valence-corrected chi connectivity index (χ0v) is 18.5. The molecule has 0 saturated heterocycles. The van der Waals surface area contributed by atoms with E-state index in [1.807, 2.05) is 6.07 Å². The van der Waals surface area contributed by atoms with Crippen LogP contribution in [0.25, 0.3) is 6.08 Å². The van der Waals surface area contributed by atoms with Crippen LogP contribution in [0, 0.1) is 0 Å². The highest BCUT2D eigenvalue weighted by atomic mass is 79.9. The van der Waals surface area contributed by atoms with E-state index >= 15 is 0 Å². The second-order valence-corrected chi connectivity index (χ2v) is 8.93. The number of carbonyl (C=O) groups is 2. The fourth-order valence-electron chi connectivity index (χ4n) is 2.63. The molecule has 0 aliphatic heterocycles. The van der Waals surface area contributed by atoms with Crippen LogP contribution >= 0.6 is 15.9 Å². The minimum atomic E-state index is -3.84. The molecule has 4 N–H and O–H groups in total. The Bertz CT molecular complexity index is 1240. The van der Waals surface area contributed by atoms with Crippen molar-refractivity contribution in [1.82, 2.24) is 5.32 Å². The van der Waals surface area contributed by atoms with E-state index in [0.29, 0.717) is 16.8 Å². The first kappa shape index (κ1) is 22.4. The van der Waals surface area contributed by atoms with Crippen molar-refractivity contribution in [2.45, 2.75) is 4.90 Å². The highest BCUT2D eigenvalue weighted by Gasteiger charge is 2.16. The molecule has 0 aliphatic carbocycles. The second-order valence-electron chi connectivity index (χ2n) is 6.46. The molecule has 0 bridgehead atoms. The number of hydrogen-bond donors (Lipinski definition) is 3. The average molecular weight is 500 g/mol. The quantitative estimate of drug-likeness (QED) is 0.449. The number of amides is 2. The van der Waals surface area contributed by atoms with Crippen LogP contribution in [0.1, 0.15) is 15.9 Å². The van der Waals surface area contributed by atoms with Gasteiger partial charge in [0.15, 0.2) is 0 Å². The fourth-order valence-corrected chi connectivity index (χ4v) is 3.56. The van der Waals surface area contributed by atoms with Gasteiger partial charge in [-0.2, -0.15) is 0 Å². The molecule has 0 saturated carbocycles. The lowest BCUT2D eigenvalue weighted by atomic mass is 10.1. The monoisotopic (exact) mass is 499 g/mol. The largest absolute Gasteiger partial charge is 0.321 e. The molecule has 3 aromatic rings. The maximum absolute atomic E-state index is 12.9. The molecule has 0 atom stereocenters. The summed E-state index contributed by atoms with van der Waals surface area (Å²) in [5.41, 5.74) is 1.44. The van der Waals surface area contributed by atoms with Gasteiger partial charge in [-0.15, -0.1) is 0 Å². The molecule has 2 amide bonds. The van der Waals surface area contributed by atoms with Gasteiger partial charge in [0.2, 0.25) is 10.0 Å². The maximum atomic E-state index is 12.9. The van der Waals surface area contributed by atoms with Gasteiger partial charge in [0.1, 0.15) is 5.70 Å². The molecular formula is C22H18BrN3O4S. The van der Waals surface area contributed by atoms with Crippen molar-refractivity contribution < 1.29 is 18.0 Å². The number of benzene rings is 3. The van der Waals surface area contributed by atoms with Crippen molar-refractivity contribution in [2.75, 3.05) is 5.32 Å². The highest BCUT2D eigenvalue weighted by Crippen LogP contribution is 2.17. The number of rotatable bonds is 6. The normalized spacial score (nSPS) is 11.6. The molecule has 9 heteroatoms. The van der Waals surface area contributed by atoms with Crippen LogP contribution in [0.15, 0.2) is 93.9 Å². The van der Waals surface area contributed by atoms with Crippen molar-refractivity contribution >= 4 is 49.5 Å². The Hall–Kier alpha value is -3.27. The zero-order valence-electron chi connectivity index (χ0n) is 16.1. The van der Waals surface area contributed by atoms with Gasteiger partial charge < -0.3 is 10.6 Å². The summed E-state index contributed by atoms with van der Waals surface area (Å²) in [6, 6.07) is 21.1. The molecule has 158 valence electrons. The molecule has 0 fully saturated rings. The molecule has 0 unspecified atom stereocenters. The minimum absolute atomic E-state index is 0.0162. The molecule has 31 heavy (non-hydrogen) atoms. The van der Waals surface area contributed by atoms with Crippen molar-refractivity contribution in [3.63, 3.8) is 0 Å². The number of hydrogen-bond acceptors (Lipinski definition) is 4. The third-order valence-corrected chi connectivity index (χ3v) is 5.55. The maximum Gasteiger partial charge on any atom is 0.272 e. The molecule has 0 radical (unpaired) electrons. The number of nitrogens with two attached hydrogens (primary N) is 1. The summed E-state index contributed by atoms with van der Waals surface area (Å²) in [6.07, 6.45) is 1.54. The van der Waals surface area contributed by atoms with E-state index in [1.54, 1.807) is 54.6 Å². The van der Waals surface area contributed by atoms with Crippen LogP contribution in [0.3, 0.4) is 0 Å². The predicted octanol–water partition coefficient (Wildman–Crippen LogP) is 3.51. The van der Waals surface area contributed by atoms with E-state index in [9.17, 15) is 18.0 Å². The lowest BCUT2D eigenvalue weighted by molar-refractivity contribution is -0.113. The lowest BCUT2D eigenvalue weighted by Crippen LogP contribution is -2.30. The standard InChI is InChI=1S/C22H18BrN3O4S/c23-17-8-4-5-15(13-17)14-20(26-21(27)16-6-2-1-3-7-16)22(28)25-18-9-11-19(12-10-18)31(24,29)30/h1-14H,(H,25,28)(H,26,27)(H2,24,29,30)/b20-14+. The second kappa shape index (κ2) is 9.69. The number of halogens is 1. The van der Waals surface area contributed by atoms with Gasteiger partial charge >= 0.3 is 0 Å². The Morgan fingerprint density at radius 1 is 0.903 bits per heavy atom. The minimum Gasteiger partial charge on any atom is -0.321 e. The third kappa shape index (κ3) is 6.35. The molecule has 3 rings (SSSR count). The summed E-state index contributed by atoms with van der Waals surface area (Å²) in [5.74, 6) is -1.02. The first-order valence-electron chi connectivity index (χ1n) is 9.00. The molecular weight excluding hydrogens is 482 g/mol. The molecule has 0 spiro atoms. The van der Waals surface area contributed by atoms with E-state index < -0.39 is 21.8 Å². The average Bonchev–Trinajstić information content (AvgIpc) is 2.73. The Labute approximate surface area is 188 Å². The zero-order chi connectivity index (χ0) is 22.4. The summed E-state index contributed by atoms with van der Waals surface area (Å²) < 4.78 is 23.6. The van der Waals surface area contributed by atoms with Gasteiger partial charge in [-0.25, -0.2) is 13.6 Å². The van der Waals surface area contributed by atoms with Gasteiger partial charge in [0.05, 0.1) is 4.90 Å². The summed E-state index contributed by atoms with van der Waals surface area (Å²) >= 11 is 3.38. The predicted molar refractivity (Wildman–Crippen MR) is 122 cm³/mol. The van der Waals surface area contributed by atoms with Crippen molar-refractivity contribution in [3.05, 3.63) is 100 Å². The van der Waals surface area contributed by atoms with Gasteiger partial charge in [0.25, 0.3) is 11.8 Å². The molecule has 3 aromatic carbocycles. The van der Waals surface area contributed by atoms with Gasteiger partial charge in [-0.1, -0.05) is 46.3 Å². The van der Waals surface area contributed by atoms with Crippen LogP contribution in [0.4, 0.5) is 5.69 Å². The van der Waals surface area contributed by atoms with E-state index in [4.69, 9.17) is 5.14 Å². The van der Waals surface area contributed by atoms with E-state index in [1.165, 1.54) is 24.3 Å². The van der Waals surface area contributed by atoms with E-state index in [-0.39, 0.29) is 10.6 Å². The van der Waals surface area contributed by atoms with Gasteiger partial charge in [-0.05, 0) is 60.2 Å². The van der Waals surface area contributed by atoms with E-state index in [2.05, 4.69) is 26.6 Å². The summed E-state index contributed by atoms with van der Waals surface area (Å²) in [4.78, 5) is 25.4. The smallest absolute Gasteiger partial charge is 0.272 e. The van der Waals surface area contributed by atoms with Gasteiger partial charge in [-0.3, -0.25) is 9.59 Å². The molecule has 0 aliphatic rings. The molecule has 7 nitrogen and oxygen atoms in total. The lowest BCUT2D eigenvalue weighted by Gasteiger charge is -2.12. The Morgan fingerprint density at radius 2 is 1.58 bits per heavy atom. The number of anilines is 1.